The van der Waals surface area contributed by atoms with Gasteiger partial charge in [0.15, 0.2) is 0 Å². The van der Waals surface area contributed by atoms with Crippen molar-refractivity contribution in [2.24, 2.45) is 0 Å². The Kier molecular flexibility index (Phi) is 2.08. The number of rotatable bonds is 1. The lowest BCUT2D eigenvalue weighted by atomic mass is 9.78. The van der Waals surface area contributed by atoms with Gasteiger partial charge in [0.1, 0.15) is 11.6 Å². The topological polar surface area (TPSA) is 17.1 Å². The Hall–Kier alpha value is -0.890. The Morgan fingerprint density at radius 2 is 2.23 bits per heavy atom. The number of Topliss-reactive ketones (excluding diaryl/α,β-unsaturated/α-hetero) is 1. The fourth-order valence-corrected chi connectivity index (χ4v) is 1.78. The number of benzene rings is 1. The largest absolute Gasteiger partial charge is 0.299 e. The van der Waals surface area contributed by atoms with E-state index in [0.717, 1.165) is 6.42 Å². The fraction of sp³-hybridized carbons (Fsp3) is 0.300. The summed E-state index contributed by atoms with van der Waals surface area (Å²) < 4.78 is 13.0. The zero-order valence-corrected chi connectivity index (χ0v) is 7.64. The Balaban J connectivity index is 2.40. The number of carbonyl (C=O) groups excluding carboxylic acids is 1. The van der Waals surface area contributed by atoms with E-state index in [1.54, 1.807) is 12.1 Å². The van der Waals surface area contributed by atoms with Crippen LogP contribution in [0.5, 0.6) is 0 Å². The predicted molar refractivity (Wildman–Crippen MR) is 48.4 cm³/mol. The fourth-order valence-electron chi connectivity index (χ4n) is 1.53. The average molecular weight is 199 g/mol. The molecule has 68 valence electrons. The molecule has 0 heterocycles. The summed E-state index contributed by atoms with van der Waals surface area (Å²) in [6.45, 7) is 0. The molecule has 3 heteroatoms. The van der Waals surface area contributed by atoms with Crippen molar-refractivity contribution in [3.05, 3.63) is 34.6 Å². The van der Waals surface area contributed by atoms with E-state index in [2.05, 4.69) is 0 Å². The molecule has 1 aromatic carbocycles. The van der Waals surface area contributed by atoms with E-state index in [4.69, 9.17) is 11.6 Å². The lowest BCUT2D eigenvalue weighted by molar-refractivity contribution is -0.125. The minimum Gasteiger partial charge on any atom is -0.299 e. The van der Waals surface area contributed by atoms with Crippen molar-refractivity contribution >= 4 is 17.4 Å². The molecular formula is C10H8ClFO. The van der Waals surface area contributed by atoms with Crippen LogP contribution in [0.4, 0.5) is 4.39 Å². The first-order chi connectivity index (χ1) is 6.20. The number of hydrogen-bond donors (Lipinski definition) is 0. The van der Waals surface area contributed by atoms with Crippen LogP contribution in [0.2, 0.25) is 5.02 Å². The van der Waals surface area contributed by atoms with Crippen LogP contribution in [0.1, 0.15) is 24.3 Å². The molecule has 0 radical (unpaired) electrons. The van der Waals surface area contributed by atoms with E-state index in [-0.39, 0.29) is 16.7 Å². The summed E-state index contributed by atoms with van der Waals surface area (Å²) in [6.07, 6.45) is 1.39. The van der Waals surface area contributed by atoms with Crippen LogP contribution in [0.3, 0.4) is 0 Å². The van der Waals surface area contributed by atoms with Gasteiger partial charge in [0.25, 0.3) is 0 Å². The molecule has 1 saturated carbocycles. The van der Waals surface area contributed by atoms with Gasteiger partial charge in [0, 0.05) is 12.3 Å². The highest BCUT2D eigenvalue weighted by Gasteiger charge is 2.31. The van der Waals surface area contributed by atoms with E-state index in [0.29, 0.717) is 12.0 Å². The summed E-state index contributed by atoms with van der Waals surface area (Å²) in [5, 5.41) is 0.0977. The molecule has 0 aromatic heterocycles. The third-order valence-electron chi connectivity index (χ3n) is 2.42. The van der Waals surface area contributed by atoms with Crippen molar-refractivity contribution in [1.82, 2.24) is 0 Å². The van der Waals surface area contributed by atoms with Crippen LogP contribution < -0.4 is 0 Å². The second-order valence-electron chi connectivity index (χ2n) is 3.20. The Morgan fingerprint density at radius 3 is 2.77 bits per heavy atom. The molecule has 0 aliphatic heterocycles. The first-order valence-electron chi connectivity index (χ1n) is 4.17. The summed E-state index contributed by atoms with van der Waals surface area (Å²) >= 11 is 5.74. The van der Waals surface area contributed by atoms with Gasteiger partial charge in [0.05, 0.1) is 5.02 Å². The van der Waals surface area contributed by atoms with E-state index >= 15 is 0 Å². The smallest absolute Gasteiger partial charge is 0.142 e. The summed E-state index contributed by atoms with van der Waals surface area (Å²) in [5.41, 5.74) is 0.637. The van der Waals surface area contributed by atoms with Crippen LogP contribution >= 0.6 is 11.6 Å². The van der Waals surface area contributed by atoms with Crippen molar-refractivity contribution in [2.45, 2.75) is 18.8 Å². The summed E-state index contributed by atoms with van der Waals surface area (Å²) in [7, 11) is 0. The van der Waals surface area contributed by atoms with Gasteiger partial charge in [-0.3, -0.25) is 4.79 Å². The minimum absolute atomic E-state index is 0.0977. The van der Waals surface area contributed by atoms with Gasteiger partial charge in [-0.1, -0.05) is 23.7 Å². The molecule has 1 aliphatic carbocycles. The van der Waals surface area contributed by atoms with Crippen LogP contribution in [0, 0.1) is 5.82 Å². The maximum Gasteiger partial charge on any atom is 0.142 e. The second kappa shape index (κ2) is 3.11. The highest BCUT2D eigenvalue weighted by Crippen LogP contribution is 2.37. The first kappa shape index (κ1) is 8.70. The maximum atomic E-state index is 13.0. The van der Waals surface area contributed by atoms with Crippen LogP contribution in [-0.4, -0.2) is 5.78 Å². The van der Waals surface area contributed by atoms with Gasteiger partial charge in [-0.25, -0.2) is 4.39 Å². The quantitative estimate of drug-likeness (QED) is 0.678. The molecule has 13 heavy (non-hydrogen) atoms. The Bertz CT molecular complexity index is 362. The summed E-state index contributed by atoms with van der Waals surface area (Å²) in [5.74, 6) is -0.449. The van der Waals surface area contributed by atoms with Crippen molar-refractivity contribution in [3.8, 4) is 0 Å². The van der Waals surface area contributed by atoms with Gasteiger partial charge in [-0.05, 0) is 18.1 Å². The molecule has 1 nitrogen and oxygen atoms in total. The van der Waals surface area contributed by atoms with Crippen LogP contribution in [0.25, 0.3) is 0 Å². The molecule has 2 rings (SSSR count). The van der Waals surface area contributed by atoms with Gasteiger partial charge < -0.3 is 0 Å². The normalized spacial score (nSPS) is 21.4. The molecule has 1 aromatic rings. The molecule has 1 fully saturated rings. The molecule has 0 saturated heterocycles. The monoisotopic (exact) mass is 198 g/mol. The van der Waals surface area contributed by atoms with Crippen molar-refractivity contribution in [3.63, 3.8) is 0 Å². The highest BCUT2D eigenvalue weighted by atomic mass is 35.5. The standard InChI is InChI=1S/C10H8ClFO/c11-10-7(2-1-3-8(10)12)6-4-5-9(6)13/h1-3,6H,4-5H2. The lowest BCUT2D eigenvalue weighted by Gasteiger charge is -2.24. The van der Waals surface area contributed by atoms with E-state index in [9.17, 15) is 9.18 Å². The van der Waals surface area contributed by atoms with Gasteiger partial charge in [-0.2, -0.15) is 0 Å². The number of halogens is 2. The maximum absolute atomic E-state index is 13.0. The number of hydrogen-bond acceptors (Lipinski definition) is 1. The molecular weight excluding hydrogens is 191 g/mol. The molecule has 1 unspecified atom stereocenters. The summed E-state index contributed by atoms with van der Waals surface area (Å²) in [4.78, 5) is 11.1. The zero-order chi connectivity index (χ0) is 9.42. The minimum atomic E-state index is -0.445. The average Bonchev–Trinajstić information content (AvgIpc) is 2.10. The predicted octanol–water partition coefficient (Wildman–Crippen LogP) is 2.93. The Labute approximate surface area is 80.5 Å². The second-order valence-corrected chi connectivity index (χ2v) is 3.58. The number of carbonyl (C=O) groups is 1. The van der Waals surface area contributed by atoms with E-state index in [1.165, 1.54) is 6.07 Å². The SMILES string of the molecule is O=C1CCC1c1cccc(F)c1Cl. The molecule has 0 spiro atoms. The molecule has 1 aliphatic rings. The van der Waals surface area contributed by atoms with Crippen molar-refractivity contribution in [2.75, 3.05) is 0 Å². The third kappa shape index (κ3) is 1.35. The molecule has 1 atom stereocenters. The Morgan fingerprint density at radius 1 is 1.46 bits per heavy atom. The van der Waals surface area contributed by atoms with Gasteiger partial charge in [-0.15, -0.1) is 0 Å². The van der Waals surface area contributed by atoms with Crippen molar-refractivity contribution in [1.29, 1.82) is 0 Å². The molecule has 0 N–H and O–H groups in total. The zero-order valence-electron chi connectivity index (χ0n) is 6.89. The van der Waals surface area contributed by atoms with Crippen molar-refractivity contribution < 1.29 is 9.18 Å². The molecule has 0 amide bonds. The lowest BCUT2D eigenvalue weighted by Crippen LogP contribution is -2.23. The summed E-state index contributed by atoms with van der Waals surface area (Å²) in [6, 6.07) is 4.60. The van der Waals surface area contributed by atoms with Gasteiger partial charge in [0.2, 0.25) is 0 Å². The van der Waals surface area contributed by atoms with E-state index in [1.807, 2.05) is 0 Å². The van der Waals surface area contributed by atoms with Gasteiger partial charge >= 0.3 is 0 Å². The van der Waals surface area contributed by atoms with E-state index < -0.39 is 5.82 Å². The first-order valence-corrected chi connectivity index (χ1v) is 4.54. The molecule has 0 bridgehead atoms. The third-order valence-corrected chi connectivity index (χ3v) is 2.82. The van der Waals surface area contributed by atoms with Crippen LogP contribution in [-0.2, 0) is 4.79 Å². The van der Waals surface area contributed by atoms with Crippen LogP contribution in [0.15, 0.2) is 18.2 Å². The highest BCUT2D eigenvalue weighted by molar-refractivity contribution is 6.31. The number of ketones is 1.